The zero-order valence-corrected chi connectivity index (χ0v) is 18.4. The summed E-state index contributed by atoms with van der Waals surface area (Å²) < 4.78 is 5.85. The van der Waals surface area contributed by atoms with E-state index in [9.17, 15) is 20.2 Å². The number of nitriles is 1. The normalized spacial score (nSPS) is 24.9. The van der Waals surface area contributed by atoms with E-state index in [2.05, 4.69) is 16.7 Å². The van der Waals surface area contributed by atoms with Gasteiger partial charge < -0.3 is 10.1 Å². The Morgan fingerprint density at radius 1 is 1.09 bits per heavy atom. The lowest BCUT2D eigenvalue weighted by Crippen LogP contribution is -2.54. The number of benzene rings is 3. The molecule has 0 unspecified atom stereocenters. The Kier molecular flexibility index (Phi) is 5.27. The zero-order chi connectivity index (χ0) is 23.9. The molecule has 0 saturated carbocycles. The highest BCUT2D eigenvalue weighted by molar-refractivity contribution is 6.07. The number of hydrogen-bond donors (Lipinski definition) is 2. The van der Waals surface area contributed by atoms with Crippen LogP contribution in [0.5, 0.6) is 5.75 Å². The predicted octanol–water partition coefficient (Wildman–Crippen LogP) is 3.71. The molecule has 3 aromatic carbocycles. The topological polar surface area (TPSA) is 117 Å². The van der Waals surface area contributed by atoms with Gasteiger partial charge in [0.25, 0.3) is 11.9 Å². The molecule has 4 atom stereocenters. The van der Waals surface area contributed by atoms with Crippen molar-refractivity contribution in [2.24, 2.45) is 0 Å². The van der Waals surface area contributed by atoms with E-state index in [0.717, 1.165) is 11.1 Å². The first-order valence-corrected chi connectivity index (χ1v) is 11.0. The average Bonchev–Trinajstić information content (AvgIpc) is 3.32. The van der Waals surface area contributed by atoms with Crippen LogP contribution in [0.2, 0.25) is 0 Å². The summed E-state index contributed by atoms with van der Waals surface area (Å²) in [6.07, 6.45) is 0. The van der Waals surface area contributed by atoms with Crippen LogP contribution in [0.25, 0.3) is 0 Å². The molecule has 3 aromatic rings. The lowest BCUT2D eigenvalue weighted by atomic mass is 9.78. The van der Waals surface area contributed by atoms with Gasteiger partial charge in [-0.2, -0.15) is 5.26 Å². The number of anilines is 1. The number of hydrogen-bond acceptors (Lipinski definition) is 6. The van der Waals surface area contributed by atoms with Crippen molar-refractivity contribution < 1.29 is 14.5 Å². The first-order chi connectivity index (χ1) is 16.5. The summed E-state index contributed by atoms with van der Waals surface area (Å²) in [5, 5.41) is 27.7. The fourth-order valence-electron chi connectivity index (χ4n) is 5.26. The number of rotatable bonds is 5. The Morgan fingerprint density at radius 2 is 1.79 bits per heavy atom. The number of carbonyl (C=O) groups excluding carboxylic acids is 1. The Labute approximate surface area is 196 Å². The number of nitrogens with one attached hydrogen (secondary N) is 2. The van der Waals surface area contributed by atoms with Gasteiger partial charge in [0.15, 0.2) is 5.54 Å². The van der Waals surface area contributed by atoms with Crippen LogP contribution in [0.3, 0.4) is 0 Å². The molecule has 2 heterocycles. The van der Waals surface area contributed by atoms with E-state index in [1.165, 1.54) is 0 Å². The maximum Gasteiger partial charge on any atom is 0.256 e. The fraction of sp³-hybridized carbons (Fsp3) is 0.231. The van der Waals surface area contributed by atoms with Crippen LogP contribution >= 0.6 is 0 Å². The number of carbonyl (C=O) groups is 1. The molecule has 1 fully saturated rings. The molecule has 170 valence electrons. The molecule has 0 aromatic heterocycles. The van der Waals surface area contributed by atoms with E-state index < -0.39 is 23.4 Å². The molecule has 2 aliphatic heterocycles. The van der Waals surface area contributed by atoms with Crippen molar-refractivity contribution in [3.63, 3.8) is 0 Å². The van der Waals surface area contributed by atoms with Crippen LogP contribution in [-0.2, 0) is 16.9 Å². The van der Waals surface area contributed by atoms with Gasteiger partial charge in [-0.05, 0) is 36.8 Å². The van der Waals surface area contributed by atoms with Crippen LogP contribution in [0, 0.1) is 21.4 Å². The summed E-state index contributed by atoms with van der Waals surface area (Å²) in [6.45, 7) is 2.11. The molecule has 1 saturated heterocycles. The van der Waals surface area contributed by atoms with Gasteiger partial charge in [-0.3, -0.25) is 20.2 Å². The average molecular weight is 454 g/mol. The second-order valence-corrected chi connectivity index (χ2v) is 8.62. The van der Waals surface area contributed by atoms with Crippen molar-refractivity contribution in [2.45, 2.75) is 37.1 Å². The Balaban J connectivity index is 1.43. The Morgan fingerprint density at radius 3 is 2.53 bits per heavy atom. The van der Waals surface area contributed by atoms with Gasteiger partial charge in [-0.1, -0.05) is 48.5 Å². The van der Waals surface area contributed by atoms with Gasteiger partial charge in [-0.25, -0.2) is 0 Å². The van der Waals surface area contributed by atoms with Crippen LogP contribution in [0.1, 0.15) is 35.1 Å². The molecular weight excluding hydrogens is 432 g/mol. The van der Waals surface area contributed by atoms with Gasteiger partial charge in [0.05, 0.1) is 17.6 Å². The van der Waals surface area contributed by atoms with Crippen molar-refractivity contribution in [1.82, 2.24) is 5.32 Å². The van der Waals surface area contributed by atoms with E-state index >= 15 is 0 Å². The second-order valence-electron chi connectivity index (χ2n) is 8.62. The maximum absolute atomic E-state index is 13.1. The number of ether oxygens (including phenoxy) is 1. The molecule has 5 rings (SSSR count). The molecule has 34 heavy (non-hydrogen) atoms. The second kappa shape index (κ2) is 8.28. The molecule has 0 aliphatic carbocycles. The van der Waals surface area contributed by atoms with Crippen molar-refractivity contribution in [2.75, 3.05) is 5.32 Å². The molecule has 1 amide bonds. The Bertz CT molecular complexity index is 1320. The predicted molar refractivity (Wildman–Crippen MR) is 125 cm³/mol. The number of fused-ring (bicyclic) bond motifs is 2. The monoisotopic (exact) mass is 454 g/mol. The summed E-state index contributed by atoms with van der Waals surface area (Å²) in [4.78, 5) is 25.1. The standard InChI is InChI=1S/C26H22N4O4/c1-16-23(17-10-12-20(13-11-17)34-15-19-7-3-2-6-18(19)14-27)24(30(32)33)26(29-16)21-8-4-5-9-22(21)28-25(26)31/h2-13,16,23-24,29H,15H2,1H3,(H,28,31)/t16-,23-,24+,26-/m0/s1. The number of para-hydroxylation sites is 1. The van der Waals surface area contributed by atoms with Crippen molar-refractivity contribution in [1.29, 1.82) is 5.26 Å². The SMILES string of the molecule is C[C@@H]1N[C@]2(C(=O)Nc3ccccc32)[C@H]([N+](=O)[O-])[C@@H]1c1ccc(OCc2ccccc2C#N)cc1. The minimum absolute atomic E-state index is 0.238. The van der Waals surface area contributed by atoms with E-state index in [1.807, 2.05) is 31.2 Å². The highest BCUT2D eigenvalue weighted by Gasteiger charge is 2.67. The molecule has 0 bridgehead atoms. The van der Waals surface area contributed by atoms with Crippen LogP contribution < -0.4 is 15.4 Å². The van der Waals surface area contributed by atoms with E-state index in [0.29, 0.717) is 22.6 Å². The lowest BCUT2D eigenvalue weighted by Gasteiger charge is -2.25. The summed E-state index contributed by atoms with van der Waals surface area (Å²) in [6, 6.07) is 22.1. The smallest absolute Gasteiger partial charge is 0.256 e. The van der Waals surface area contributed by atoms with Gasteiger partial charge in [0, 0.05) is 27.8 Å². The van der Waals surface area contributed by atoms with Gasteiger partial charge >= 0.3 is 0 Å². The first-order valence-electron chi connectivity index (χ1n) is 11.0. The zero-order valence-electron chi connectivity index (χ0n) is 18.4. The third kappa shape index (κ3) is 3.29. The molecule has 1 spiro atoms. The molecule has 2 aliphatic rings. The van der Waals surface area contributed by atoms with Gasteiger partial charge in [0.1, 0.15) is 12.4 Å². The van der Waals surface area contributed by atoms with Gasteiger partial charge in [0.2, 0.25) is 0 Å². The van der Waals surface area contributed by atoms with Crippen LogP contribution in [0.15, 0.2) is 72.8 Å². The summed E-state index contributed by atoms with van der Waals surface area (Å²) in [5.74, 6) is -0.340. The minimum atomic E-state index is -1.43. The highest BCUT2D eigenvalue weighted by atomic mass is 16.6. The van der Waals surface area contributed by atoms with Crippen molar-refractivity contribution in [3.05, 3.63) is 105 Å². The van der Waals surface area contributed by atoms with Crippen LogP contribution in [-0.4, -0.2) is 22.9 Å². The van der Waals surface area contributed by atoms with E-state index in [4.69, 9.17) is 4.74 Å². The number of nitrogens with zero attached hydrogens (tertiary/aromatic N) is 2. The summed E-state index contributed by atoms with van der Waals surface area (Å²) in [5.41, 5.74) is 1.86. The molecular formula is C26H22N4O4. The quantitative estimate of drug-likeness (QED) is 0.448. The maximum atomic E-state index is 13.1. The van der Waals surface area contributed by atoms with E-state index in [1.54, 1.807) is 48.5 Å². The number of amides is 1. The Hall–Kier alpha value is -4.22. The molecule has 2 N–H and O–H groups in total. The van der Waals surface area contributed by atoms with E-state index in [-0.39, 0.29) is 17.6 Å². The summed E-state index contributed by atoms with van der Waals surface area (Å²) in [7, 11) is 0. The van der Waals surface area contributed by atoms with Crippen molar-refractivity contribution >= 4 is 11.6 Å². The van der Waals surface area contributed by atoms with Crippen molar-refractivity contribution in [3.8, 4) is 11.8 Å². The molecule has 8 nitrogen and oxygen atoms in total. The molecule has 8 heteroatoms. The van der Waals surface area contributed by atoms with Gasteiger partial charge in [-0.15, -0.1) is 0 Å². The fourth-order valence-corrected chi connectivity index (χ4v) is 5.26. The lowest BCUT2D eigenvalue weighted by molar-refractivity contribution is -0.532. The summed E-state index contributed by atoms with van der Waals surface area (Å²) >= 11 is 0. The largest absolute Gasteiger partial charge is 0.489 e. The van der Waals surface area contributed by atoms with Crippen LogP contribution in [0.4, 0.5) is 5.69 Å². The minimum Gasteiger partial charge on any atom is -0.489 e. The third-order valence-electron chi connectivity index (χ3n) is 6.76. The molecule has 0 radical (unpaired) electrons. The first kappa shape index (κ1) is 21.6. The third-order valence-corrected chi connectivity index (χ3v) is 6.76. The number of nitro groups is 1. The highest BCUT2D eigenvalue weighted by Crippen LogP contribution is 2.49.